The van der Waals surface area contributed by atoms with E-state index in [0.29, 0.717) is 18.1 Å². The molecule has 1 aromatic carbocycles. The molecular weight excluding hydrogens is 232 g/mol. The van der Waals surface area contributed by atoms with Gasteiger partial charge in [0.25, 0.3) is 0 Å². The first-order valence-corrected chi connectivity index (χ1v) is 7.83. The smallest absolute Gasteiger partial charge is 0.140 e. The minimum absolute atomic E-state index is 0.324. The van der Waals surface area contributed by atoms with Gasteiger partial charge in [0.1, 0.15) is 5.78 Å². The Morgan fingerprint density at radius 1 is 1.11 bits per heavy atom. The summed E-state index contributed by atoms with van der Waals surface area (Å²) in [7, 11) is 0. The Balaban J connectivity index is 1.92. The topological polar surface area (TPSA) is 17.1 Å². The second-order valence-corrected chi connectivity index (χ2v) is 5.95. The quantitative estimate of drug-likeness (QED) is 0.755. The first-order valence-electron chi connectivity index (χ1n) is 7.83. The predicted molar refractivity (Wildman–Crippen MR) is 80.3 cm³/mol. The molecule has 1 fully saturated rings. The number of aryl methyl sites for hydroxylation is 1. The Labute approximate surface area is 117 Å². The first kappa shape index (κ1) is 14.3. The molecule has 0 aliphatic heterocycles. The summed E-state index contributed by atoms with van der Waals surface area (Å²) in [5.74, 6) is 1.57. The van der Waals surface area contributed by atoms with Gasteiger partial charge in [-0.3, -0.25) is 4.79 Å². The summed E-state index contributed by atoms with van der Waals surface area (Å²) in [6, 6.07) is 8.55. The van der Waals surface area contributed by atoms with Crippen molar-refractivity contribution < 1.29 is 4.79 Å². The van der Waals surface area contributed by atoms with Gasteiger partial charge in [-0.05, 0) is 36.3 Å². The summed E-state index contributed by atoms with van der Waals surface area (Å²) in [5, 5.41) is 0. The van der Waals surface area contributed by atoms with Crippen LogP contribution >= 0.6 is 0 Å². The SMILES string of the molecule is CCc1ccc(CC(=O)C2CCCC(CC)C2)cc1. The van der Waals surface area contributed by atoms with E-state index in [0.717, 1.165) is 25.2 Å². The van der Waals surface area contributed by atoms with Crippen molar-refractivity contribution in [2.45, 2.75) is 58.8 Å². The van der Waals surface area contributed by atoms with Crippen LogP contribution in [0.2, 0.25) is 0 Å². The molecule has 2 unspecified atom stereocenters. The molecule has 104 valence electrons. The summed E-state index contributed by atoms with van der Waals surface area (Å²) in [6.45, 7) is 4.41. The maximum atomic E-state index is 12.4. The highest BCUT2D eigenvalue weighted by atomic mass is 16.1. The van der Waals surface area contributed by atoms with Gasteiger partial charge < -0.3 is 0 Å². The van der Waals surface area contributed by atoms with Crippen LogP contribution in [0.3, 0.4) is 0 Å². The molecule has 1 aliphatic carbocycles. The van der Waals surface area contributed by atoms with Gasteiger partial charge >= 0.3 is 0 Å². The molecule has 2 atom stereocenters. The minimum Gasteiger partial charge on any atom is -0.299 e. The van der Waals surface area contributed by atoms with Crippen LogP contribution in [0.4, 0.5) is 0 Å². The molecule has 0 radical (unpaired) electrons. The van der Waals surface area contributed by atoms with Crippen molar-refractivity contribution in [1.29, 1.82) is 0 Å². The van der Waals surface area contributed by atoms with Gasteiger partial charge in [-0.2, -0.15) is 0 Å². The number of hydrogen-bond donors (Lipinski definition) is 0. The third-order valence-corrected chi connectivity index (χ3v) is 4.63. The van der Waals surface area contributed by atoms with Crippen molar-refractivity contribution in [2.75, 3.05) is 0 Å². The molecule has 1 aliphatic rings. The molecule has 0 heterocycles. The lowest BCUT2D eigenvalue weighted by molar-refractivity contribution is -0.123. The molecule has 2 rings (SSSR count). The number of carbonyl (C=O) groups excluding carboxylic acids is 1. The Kier molecular flexibility index (Phi) is 5.18. The molecule has 1 nitrogen and oxygen atoms in total. The second kappa shape index (κ2) is 6.88. The molecule has 0 bridgehead atoms. The van der Waals surface area contributed by atoms with Gasteiger partial charge in [-0.25, -0.2) is 0 Å². The lowest BCUT2D eigenvalue weighted by Gasteiger charge is -2.27. The van der Waals surface area contributed by atoms with Gasteiger partial charge in [0.2, 0.25) is 0 Å². The number of ketones is 1. The van der Waals surface area contributed by atoms with Crippen molar-refractivity contribution in [3.63, 3.8) is 0 Å². The van der Waals surface area contributed by atoms with Gasteiger partial charge in [0.05, 0.1) is 0 Å². The van der Waals surface area contributed by atoms with Crippen LogP contribution in [-0.4, -0.2) is 5.78 Å². The van der Waals surface area contributed by atoms with E-state index in [1.807, 2.05) is 0 Å². The fourth-order valence-corrected chi connectivity index (χ4v) is 3.19. The van der Waals surface area contributed by atoms with E-state index in [4.69, 9.17) is 0 Å². The van der Waals surface area contributed by atoms with Crippen molar-refractivity contribution in [2.24, 2.45) is 11.8 Å². The first-order chi connectivity index (χ1) is 9.22. The molecule has 1 aromatic rings. The summed E-state index contributed by atoms with van der Waals surface area (Å²) in [5.41, 5.74) is 2.53. The fourth-order valence-electron chi connectivity index (χ4n) is 3.19. The second-order valence-electron chi connectivity index (χ2n) is 5.95. The summed E-state index contributed by atoms with van der Waals surface area (Å²) in [6.07, 6.45) is 7.73. The van der Waals surface area contributed by atoms with Crippen LogP contribution in [0.1, 0.15) is 57.1 Å². The lowest BCUT2D eigenvalue weighted by atomic mass is 9.77. The molecule has 0 spiro atoms. The number of carbonyl (C=O) groups is 1. The summed E-state index contributed by atoms with van der Waals surface area (Å²) < 4.78 is 0. The van der Waals surface area contributed by atoms with E-state index in [1.54, 1.807) is 0 Å². The fraction of sp³-hybridized carbons (Fsp3) is 0.611. The van der Waals surface area contributed by atoms with Crippen molar-refractivity contribution in [3.8, 4) is 0 Å². The maximum Gasteiger partial charge on any atom is 0.140 e. The van der Waals surface area contributed by atoms with Crippen molar-refractivity contribution in [1.82, 2.24) is 0 Å². The van der Waals surface area contributed by atoms with Crippen LogP contribution in [0.5, 0.6) is 0 Å². The van der Waals surface area contributed by atoms with Gasteiger partial charge in [-0.1, -0.05) is 57.4 Å². The maximum absolute atomic E-state index is 12.4. The van der Waals surface area contributed by atoms with E-state index < -0.39 is 0 Å². The van der Waals surface area contributed by atoms with E-state index >= 15 is 0 Å². The average molecular weight is 258 g/mol. The molecule has 0 saturated heterocycles. The number of Topliss-reactive ketones (excluding diaryl/α,β-unsaturated/α-hetero) is 1. The standard InChI is InChI=1S/C18H26O/c1-3-14-8-10-16(11-9-14)13-18(19)17-7-5-6-15(4-2)12-17/h8-11,15,17H,3-7,12-13H2,1-2H3. The molecule has 0 amide bonds. The zero-order valence-electron chi connectivity index (χ0n) is 12.3. The molecule has 1 heteroatoms. The summed E-state index contributed by atoms with van der Waals surface area (Å²) >= 11 is 0. The minimum atomic E-state index is 0.324. The zero-order valence-corrected chi connectivity index (χ0v) is 12.3. The number of rotatable bonds is 5. The Morgan fingerprint density at radius 2 is 1.79 bits per heavy atom. The predicted octanol–water partition coefficient (Wildman–Crippen LogP) is 4.58. The zero-order chi connectivity index (χ0) is 13.7. The Hall–Kier alpha value is -1.11. The van der Waals surface area contributed by atoms with Crippen LogP contribution < -0.4 is 0 Å². The third-order valence-electron chi connectivity index (χ3n) is 4.63. The van der Waals surface area contributed by atoms with Crippen LogP contribution in [0, 0.1) is 11.8 Å². The highest BCUT2D eigenvalue weighted by Crippen LogP contribution is 2.32. The van der Waals surface area contributed by atoms with Crippen LogP contribution in [-0.2, 0) is 17.6 Å². The highest BCUT2D eigenvalue weighted by molar-refractivity contribution is 5.83. The monoisotopic (exact) mass is 258 g/mol. The van der Waals surface area contributed by atoms with Gasteiger partial charge in [0.15, 0.2) is 0 Å². The summed E-state index contributed by atoms with van der Waals surface area (Å²) in [4.78, 5) is 12.4. The average Bonchev–Trinajstić information content (AvgIpc) is 2.48. The van der Waals surface area contributed by atoms with E-state index in [2.05, 4.69) is 38.1 Å². The van der Waals surface area contributed by atoms with Gasteiger partial charge in [0, 0.05) is 12.3 Å². The van der Waals surface area contributed by atoms with Crippen molar-refractivity contribution >= 4 is 5.78 Å². The Bertz CT molecular complexity index is 404. The van der Waals surface area contributed by atoms with Gasteiger partial charge in [-0.15, -0.1) is 0 Å². The molecule has 0 aromatic heterocycles. The van der Waals surface area contributed by atoms with Crippen LogP contribution in [0.25, 0.3) is 0 Å². The van der Waals surface area contributed by atoms with Crippen LogP contribution in [0.15, 0.2) is 24.3 Å². The molecular formula is C18H26O. The van der Waals surface area contributed by atoms with E-state index in [-0.39, 0.29) is 0 Å². The number of hydrogen-bond acceptors (Lipinski definition) is 1. The largest absolute Gasteiger partial charge is 0.299 e. The van der Waals surface area contributed by atoms with E-state index in [9.17, 15) is 4.79 Å². The highest BCUT2D eigenvalue weighted by Gasteiger charge is 2.25. The molecule has 1 saturated carbocycles. The number of benzene rings is 1. The van der Waals surface area contributed by atoms with E-state index in [1.165, 1.54) is 30.4 Å². The lowest BCUT2D eigenvalue weighted by Crippen LogP contribution is -2.24. The normalized spacial score (nSPS) is 23.3. The molecule has 19 heavy (non-hydrogen) atoms. The Morgan fingerprint density at radius 3 is 2.42 bits per heavy atom. The third kappa shape index (κ3) is 3.92. The van der Waals surface area contributed by atoms with Crippen molar-refractivity contribution in [3.05, 3.63) is 35.4 Å². The molecule has 0 N–H and O–H groups in total.